The number of carbonyl (C=O) groups is 3. The van der Waals surface area contributed by atoms with E-state index < -0.39 is 42.2 Å². The molecular formula is C31H13F3N3O6. The van der Waals surface area contributed by atoms with E-state index in [1.54, 1.807) is 0 Å². The number of rotatable bonds is 3. The van der Waals surface area contributed by atoms with Gasteiger partial charge in [0.1, 0.15) is 0 Å². The molecule has 12 heteroatoms. The molecule has 3 heterocycles. The molecule has 0 aromatic heterocycles. The zero-order chi connectivity index (χ0) is 29.3. The molecule has 0 spiro atoms. The highest BCUT2D eigenvalue weighted by Gasteiger charge is 2.48. The SMILES string of the molecule is O=C1c2cc(C3=N[C](F)CO3)cc3c2C2c4c1cc(C1=N[C](F)CO1)cc4C(=O)c1cc(C4=N[C](F)CO4)cc(c12)C3=O. The lowest BCUT2D eigenvalue weighted by Crippen LogP contribution is -2.35. The van der Waals surface area contributed by atoms with Crippen LogP contribution in [0.4, 0.5) is 13.2 Å². The van der Waals surface area contributed by atoms with Crippen molar-refractivity contribution in [2.24, 2.45) is 15.0 Å². The van der Waals surface area contributed by atoms with E-state index in [-0.39, 0.29) is 87.6 Å². The third-order valence-electron chi connectivity index (χ3n) is 8.27. The molecule has 0 atom stereocenters. The Kier molecular flexibility index (Phi) is 4.69. The van der Waals surface area contributed by atoms with Gasteiger partial charge in [-0.3, -0.25) is 14.4 Å². The van der Waals surface area contributed by atoms with E-state index in [0.29, 0.717) is 16.7 Å². The fraction of sp³-hybridized carbons (Fsp3) is 0.129. The van der Waals surface area contributed by atoms with E-state index in [2.05, 4.69) is 15.0 Å². The predicted octanol–water partition coefficient (Wildman–Crippen LogP) is 4.21. The Morgan fingerprint density at radius 3 is 0.953 bits per heavy atom. The molecule has 3 aromatic rings. The fourth-order valence-electron chi connectivity index (χ4n) is 6.61. The summed E-state index contributed by atoms with van der Waals surface area (Å²) < 4.78 is 57.7. The molecule has 0 bridgehead atoms. The predicted molar refractivity (Wildman–Crippen MR) is 141 cm³/mol. The number of carbonyl (C=O) groups excluding carboxylic acids is 3. The summed E-state index contributed by atoms with van der Waals surface area (Å²) in [5, 5.41) is 0. The largest absolute Gasteiger partial charge is 0.472 e. The van der Waals surface area contributed by atoms with Crippen molar-refractivity contribution in [1.82, 2.24) is 0 Å². The summed E-state index contributed by atoms with van der Waals surface area (Å²) in [6.45, 7) is -1.15. The van der Waals surface area contributed by atoms with Gasteiger partial charge in [-0.05, 0) is 53.1 Å². The molecule has 6 aliphatic rings. The highest BCUT2D eigenvalue weighted by Crippen LogP contribution is 2.53. The number of nitrogens with zero attached hydrogens (tertiary/aromatic N) is 3. The van der Waals surface area contributed by atoms with E-state index in [1.807, 2.05) is 0 Å². The normalized spacial score (nSPS) is 20.4. The van der Waals surface area contributed by atoms with Crippen LogP contribution in [-0.4, -0.2) is 54.9 Å². The minimum Gasteiger partial charge on any atom is -0.472 e. The molecule has 9 rings (SSSR count). The van der Waals surface area contributed by atoms with Crippen LogP contribution in [0.1, 0.15) is 87.1 Å². The molecule has 3 aromatic carbocycles. The van der Waals surface area contributed by atoms with Gasteiger partial charge in [0.15, 0.2) is 37.2 Å². The van der Waals surface area contributed by atoms with Gasteiger partial charge in [0.05, 0.1) is 0 Å². The Balaban J connectivity index is 1.36. The first-order valence-corrected chi connectivity index (χ1v) is 13.1. The Morgan fingerprint density at radius 1 is 0.488 bits per heavy atom. The van der Waals surface area contributed by atoms with Gasteiger partial charge in [0, 0.05) is 56.0 Å². The highest BCUT2D eigenvalue weighted by molar-refractivity contribution is 6.27. The summed E-state index contributed by atoms with van der Waals surface area (Å²) >= 11 is 0. The molecule has 43 heavy (non-hydrogen) atoms. The maximum atomic E-state index is 14.2. The zero-order valence-corrected chi connectivity index (χ0v) is 21.6. The molecule has 0 saturated heterocycles. The van der Waals surface area contributed by atoms with E-state index in [1.165, 1.54) is 36.4 Å². The summed E-state index contributed by atoms with van der Waals surface area (Å²) in [5.41, 5.74) is 2.79. The number of hydrogen-bond donors (Lipinski definition) is 0. The summed E-state index contributed by atoms with van der Waals surface area (Å²) in [4.78, 5) is 53.8. The molecule has 3 aliphatic carbocycles. The number of benzene rings is 3. The van der Waals surface area contributed by atoms with Crippen molar-refractivity contribution in [1.29, 1.82) is 0 Å². The van der Waals surface area contributed by atoms with Gasteiger partial charge in [0.2, 0.25) is 17.7 Å². The number of hydrogen-bond acceptors (Lipinski definition) is 9. The van der Waals surface area contributed by atoms with Crippen LogP contribution in [0.5, 0.6) is 0 Å². The Hall–Kier alpha value is -5.13. The van der Waals surface area contributed by atoms with Gasteiger partial charge in [-0.15, -0.1) is 0 Å². The van der Waals surface area contributed by atoms with E-state index in [4.69, 9.17) is 14.2 Å². The van der Waals surface area contributed by atoms with Crippen molar-refractivity contribution in [2.45, 2.75) is 5.92 Å². The molecule has 0 N–H and O–H groups in total. The monoisotopic (exact) mass is 580 g/mol. The molecule has 9 nitrogen and oxygen atoms in total. The second kappa shape index (κ2) is 8.24. The number of ether oxygens (including phenoxy) is 3. The topological polar surface area (TPSA) is 116 Å². The van der Waals surface area contributed by atoms with Crippen LogP contribution in [0.25, 0.3) is 0 Å². The van der Waals surface area contributed by atoms with Gasteiger partial charge in [0.25, 0.3) is 18.9 Å². The van der Waals surface area contributed by atoms with Gasteiger partial charge in [-0.25, -0.2) is 28.1 Å². The van der Waals surface area contributed by atoms with Gasteiger partial charge in [-0.2, -0.15) is 0 Å². The van der Waals surface area contributed by atoms with Gasteiger partial charge < -0.3 is 14.2 Å². The van der Waals surface area contributed by atoms with E-state index in [9.17, 15) is 27.6 Å². The van der Waals surface area contributed by atoms with Crippen LogP contribution < -0.4 is 0 Å². The first-order valence-electron chi connectivity index (χ1n) is 13.1. The minimum absolute atomic E-state index is 0.0871. The molecule has 3 aliphatic heterocycles. The summed E-state index contributed by atoms with van der Waals surface area (Å²) in [7, 11) is 0. The molecule has 0 amide bonds. The second-order valence-corrected chi connectivity index (χ2v) is 10.6. The van der Waals surface area contributed by atoms with Crippen molar-refractivity contribution in [3.05, 3.63) is 122 Å². The fourth-order valence-corrected chi connectivity index (χ4v) is 6.61. The van der Waals surface area contributed by atoms with Crippen LogP contribution in [-0.2, 0) is 14.2 Å². The maximum Gasteiger partial charge on any atom is 0.294 e. The van der Waals surface area contributed by atoms with E-state index >= 15 is 0 Å². The first-order chi connectivity index (χ1) is 20.8. The molecule has 0 saturated carbocycles. The van der Waals surface area contributed by atoms with Crippen molar-refractivity contribution in [3.8, 4) is 0 Å². The number of ketones is 3. The summed E-state index contributed by atoms with van der Waals surface area (Å²) in [6.07, 6.45) is -2.27. The highest BCUT2D eigenvalue weighted by atomic mass is 19.1. The Labute approximate surface area is 239 Å². The van der Waals surface area contributed by atoms with Crippen molar-refractivity contribution >= 4 is 35.0 Å². The standard InChI is InChI=1S/C31H13F3N3O6/c32-19-7-41-29(35-19)10-1-13-22-14(2-10)27(39)17-5-12(31-37-21(34)9-43-31)6-18-24(17)25(22)23-15(26(13)38)3-11(4-16(23)28(18)40)30-36-20(33)8-42-30/h1-6,25H,7-9H2. The third-order valence-corrected chi connectivity index (χ3v) is 8.27. The molecule has 0 fully saturated rings. The van der Waals surface area contributed by atoms with Crippen LogP contribution in [0, 0.1) is 18.9 Å². The van der Waals surface area contributed by atoms with Gasteiger partial charge >= 0.3 is 0 Å². The van der Waals surface area contributed by atoms with Crippen LogP contribution in [0.3, 0.4) is 0 Å². The smallest absolute Gasteiger partial charge is 0.294 e. The zero-order valence-electron chi connectivity index (χ0n) is 21.6. The molecule has 0 unspecified atom stereocenters. The van der Waals surface area contributed by atoms with Crippen LogP contribution in [0.15, 0.2) is 51.4 Å². The molecule has 209 valence electrons. The van der Waals surface area contributed by atoms with Crippen LogP contribution >= 0.6 is 0 Å². The second-order valence-electron chi connectivity index (χ2n) is 10.6. The quantitative estimate of drug-likeness (QED) is 0.290. The Bertz CT molecular complexity index is 1710. The summed E-state index contributed by atoms with van der Waals surface area (Å²) in [6, 6.07) is 8.96. The Morgan fingerprint density at radius 2 is 0.744 bits per heavy atom. The number of halogens is 3. The van der Waals surface area contributed by atoms with Gasteiger partial charge in [-0.1, -0.05) is 0 Å². The average molecular weight is 580 g/mol. The minimum atomic E-state index is -0.758. The lowest BCUT2D eigenvalue weighted by Gasteiger charge is -2.39. The lowest BCUT2D eigenvalue weighted by atomic mass is 9.61. The van der Waals surface area contributed by atoms with E-state index in [0.717, 1.165) is 0 Å². The third kappa shape index (κ3) is 3.23. The summed E-state index contributed by atoms with van der Waals surface area (Å²) in [5.74, 6) is -2.46. The average Bonchev–Trinajstić information content (AvgIpc) is 3.76. The molecular weight excluding hydrogens is 567 g/mol. The first kappa shape index (κ1) is 24.5. The number of aliphatic imine (C=N–C) groups is 3. The molecule has 3 radical (unpaired) electrons. The maximum absolute atomic E-state index is 14.2. The van der Waals surface area contributed by atoms with Crippen molar-refractivity contribution in [3.63, 3.8) is 0 Å². The van der Waals surface area contributed by atoms with Crippen molar-refractivity contribution in [2.75, 3.05) is 19.8 Å². The van der Waals surface area contributed by atoms with Crippen molar-refractivity contribution < 1.29 is 41.8 Å². The van der Waals surface area contributed by atoms with Crippen LogP contribution in [0.2, 0.25) is 0 Å². The lowest BCUT2D eigenvalue weighted by molar-refractivity contribution is 0.102.